The van der Waals surface area contributed by atoms with Gasteiger partial charge in [0.2, 0.25) is 0 Å². The number of phosphoric acid groups is 2. The molecule has 0 aromatic heterocycles. The first-order valence-electron chi connectivity index (χ1n) is 38.5. The van der Waals surface area contributed by atoms with Gasteiger partial charge in [0.25, 0.3) is 0 Å². The Balaban J connectivity index is 5.20. The van der Waals surface area contributed by atoms with Gasteiger partial charge < -0.3 is 33.8 Å². The van der Waals surface area contributed by atoms with E-state index in [1.54, 1.807) is 0 Å². The van der Waals surface area contributed by atoms with Crippen molar-refractivity contribution in [3.05, 3.63) is 0 Å². The minimum atomic E-state index is -4.95. The van der Waals surface area contributed by atoms with E-state index in [1.807, 2.05) is 0 Å². The first kappa shape index (κ1) is 91.1. The zero-order valence-electron chi connectivity index (χ0n) is 60.6. The highest BCUT2D eigenvalue weighted by atomic mass is 31.2. The molecule has 0 saturated heterocycles. The van der Waals surface area contributed by atoms with Crippen LogP contribution < -0.4 is 0 Å². The van der Waals surface area contributed by atoms with Crippen molar-refractivity contribution in [3.63, 3.8) is 0 Å². The fourth-order valence-corrected chi connectivity index (χ4v) is 12.9. The molecule has 17 nitrogen and oxygen atoms in total. The van der Waals surface area contributed by atoms with Crippen molar-refractivity contribution in [2.24, 2.45) is 11.8 Å². The Morgan fingerprint density at radius 1 is 0.290 bits per heavy atom. The van der Waals surface area contributed by atoms with Crippen molar-refractivity contribution in [2.45, 2.75) is 400 Å². The molecule has 0 spiro atoms. The highest BCUT2D eigenvalue weighted by molar-refractivity contribution is 7.47. The molecule has 0 aromatic rings. The lowest BCUT2D eigenvalue weighted by molar-refractivity contribution is -0.161. The van der Waals surface area contributed by atoms with Gasteiger partial charge in [-0.1, -0.05) is 330 Å². The molecular formula is C74H144O17P2. The van der Waals surface area contributed by atoms with Gasteiger partial charge in [-0.2, -0.15) is 0 Å². The molecule has 552 valence electrons. The molecule has 0 bridgehead atoms. The Morgan fingerprint density at radius 2 is 0.495 bits per heavy atom. The number of ether oxygens (including phenoxy) is 4. The van der Waals surface area contributed by atoms with Crippen molar-refractivity contribution in [3.8, 4) is 0 Å². The predicted octanol–water partition coefficient (Wildman–Crippen LogP) is 21.6. The van der Waals surface area contributed by atoms with Crippen LogP contribution in [0.4, 0.5) is 0 Å². The van der Waals surface area contributed by atoms with Gasteiger partial charge in [-0.3, -0.25) is 37.3 Å². The van der Waals surface area contributed by atoms with Gasteiger partial charge >= 0.3 is 39.5 Å². The van der Waals surface area contributed by atoms with Gasteiger partial charge in [-0.25, -0.2) is 9.13 Å². The summed E-state index contributed by atoms with van der Waals surface area (Å²) in [6.45, 7) is 9.54. The SMILES string of the molecule is CCCCCCCCCCCCCCCCCCCCCC(=O)O[C@H](COC(=O)CCCCCCCCCCCCC(C)C)COP(=O)(O)OC[C@@H](O)COP(=O)(O)OC[C@@H](COC(=O)CCCCCCCCCC)OC(=O)CCCCCCCCCCCCC(C)C. The van der Waals surface area contributed by atoms with E-state index < -0.39 is 97.5 Å². The van der Waals surface area contributed by atoms with Crippen LogP contribution in [0.1, 0.15) is 382 Å². The van der Waals surface area contributed by atoms with Gasteiger partial charge in [0.1, 0.15) is 19.3 Å². The number of hydrogen-bond donors (Lipinski definition) is 3. The molecule has 0 aliphatic heterocycles. The molecule has 19 heteroatoms. The molecule has 0 aromatic carbocycles. The number of carbonyl (C=O) groups excluding carboxylic acids is 4. The number of aliphatic hydroxyl groups excluding tert-OH is 1. The molecule has 0 radical (unpaired) electrons. The number of phosphoric ester groups is 2. The number of unbranched alkanes of at least 4 members (excludes halogenated alkanes) is 43. The average Bonchev–Trinajstić information content (AvgIpc) is 1.85. The van der Waals surface area contributed by atoms with Crippen molar-refractivity contribution in [1.82, 2.24) is 0 Å². The summed E-state index contributed by atoms with van der Waals surface area (Å²) in [6.07, 6.45) is 52.8. The van der Waals surface area contributed by atoms with Crippen molar-refractivity contribution in [1.29, 1.82) is 0 Å². The smallest absolute Gasteiger partial charge is 0.462 e. The van der Waals surface area contributed by atoms with Gasteiger partial charge in [0.05, 0.1) is 26.4 Å². The molecule has 0 heterocycles. The quantitative estimate of drug-likeness (QED) is 0.0222. The van der Waals surface area contributed by atoms with Crippen LogP contribution >= 0.6 is 15.6 Å². The number of hydrogen-bond acceptors (Lipinski definition) is 15. The topological polar surface area (TPSA) is 237 Å². The molecule has 0 aliphatic carbocycles. The summed E-state index contributed by atoms with van der Waals surface area (Å²) < 4.78 is 68.4. The summed E-state index contributed by atoms with van der Waals surface area (Å²) in [5.74, 6) is -0.610. The number of esters is 4. The van der Waals surface area contributed by atoms with Gasteiger partial charge in [0, 0.05) is 25.7 Å². The summed E-state index contributed by atoms with van der Waals surface area (Å²) in [4.78, 5) is 72.6. The highest BCUT2D eigenvalue weighted by Crippen LogP contribution is 2.45. The molecule has 93 heavy (non-hydrogen) atoms. The predicted molar refractivity (Wildman–Crippen MR) is 377 cm³/mol. The van der Waals surface area contributed by atoms with Crippen LogP contribution in [0.15, 0.2) is 0 Å². The second-order valence-corrected chi connectivity index (χ2v) is 30.5. The standard InChI is InChI=1S/C74H144O17P2/c1-7-9-11-13-15-17-18-19-20-21-22-23-24-25-26-34-40-46-52-58-73(78)91-70(63-85-72(77)57-51-45-39-33-29-27-31-36-42-48-54-66(3)4)65-89-93(82,83)87-61-68(75)60-86-92(80,81)88-64-69(62-84-71(76)56-50-44-38-16-14-12-10-8-2)90-74(79)59-53-47-41-35-30-28-32-37-43-49-55-67(5)6/h66-70,75H,7-65H2,1-6H3,(H,80,81)(H,82,83)/t68-,69+,70+/m0/s1. The molecule has 0 saturated carbocycles. The molecule has 3 N–H and O–H groups in total. The van der Waals surface area contributed by atoms with E-state index in [0.29, 0.717) is 25.7 Å². The van der Waals surface area contributed by atoms with Crippen LogP contribution in [0.25, 0.3) is 0 Å². The number of aliphatic hydroxyl groups is 1. The Hall–Kier alpha value is -1.94. The van der Waals surface area contributed by atoms with Crippen LogP contribution in [-0.4, -0.2) is 96.7 Å². The second kappa shape index (κ2) is 66.0. The van der Waals surface area contributed by atoms with Crippen molar-refractivity contribution >= 4 is 39.5 Å². The summed E-state index contributed by atoms with van der Waals surface area (Å²) >= 11 is 0. The largest absolute Gasteiger partial charge is 0.472 e. The van der Waals surface area contributed by atoms with Crippen LogP contribution in [0.5, 0.6) is 0 Å². The molecule has 0 fully saturated rings. The number of carbonyl (C=O) groups is 4. The van der Waals surface area contributed by atoms with Crippen LogP contribution in [0, 0.1) is 11.8 Å². The molecule has 0 aliphatic rings. The fourth-order valence-electron chi connectivity index (χ4n) is 11.3. The highest BCUT2D eigenvalue weighted by Gasteiger charge is 2.30. The van der Waals surface area contributed by atoms with E-state index >= 15 is 0 Å². The Bertz CT molecular complexity index is 1800. The summed E-state index contributed by atoms with van der Waals surface area (Å²) in [7, 11) is -9.90. The van der Waals surface area contributed by atoms with E-state index in [1.165, 1.54) is 193 Å². The van der Waals surface area contributed by atoms with Crippen LogP contribution in [0.3, 0.4) is 0 Å². The minimum Gasteiger partial charge on any atom is -0.462 e. The molecule has 2 unspecified atom stereocenters. The van der Waals surface area contributed by atoms with Crippen molar-refractivity contribution < 1.29 is 80.2 Å². The maximum atomic E-state index is 13.1. The van der Waals surface area contributed by atoms with Crippen LogP contribution in [0.2, 0.25) is 0 Å². The Kier molecular flexibility index (Phi) is 64.6. The first-order chi connectivity index (χ1) is 44.9. The third kappa shape index (κ3) is 68.4. The second-order valence-electron chi connectivity index (χ2n) is 27.6. The van der Waals surface area contributed by atoms with E-state index in [-0.39, 0.29) is 25.7 Å². The van der Waals surface area contributed by atoms with Gasteiger partial charge in [-0.15, -0.1) is 0 Å². The van der Waals surface area contributed by atoms with E-state index in [2.05, 4.69) is 41.5 Å². The van der Waals surface area contributed by atoms with E-state index in [0.717, 1.165) is 108 Å². The average molecular weight is 1370 g/mol. The lowest BCUT2D eigenvalue weighted by Gasteiger charge is -2.21. The molecule has 0 amide bonds. The van der Waals surface area contributed by atoms with Crippen LogP contribution in [-0.2, 0) is 65.4 Å². The number of rotatable bonds is 73. The normalized spacial score (nSPS) is 14.1. The monoisotopic (exact) mass is 1370 g/mol. The summed E-state index contributed by atoms with van der Waals surface area (Å²) in [5, 5.41) is 10.6. The fraction of sp³-hybridized carbons (Fsp3) is 0.946. The van der Waals surface area contributed by atoms with Gasteiger partial charge in [0.15, 0.2) is 12.2 Å². The molecule has 0 rings (SSSR count). The third-order valence-electron chi connectivity index (χ3n) is 17.2. The molecule has 5 atom stereocenters. The van der Waals surface area contributed by atoms with Crippen molar-refractivity contribution in [2.75, 3.05) is 39.6 Å². The first-order valence-corrected chi connectivity index (χ1v) is 41.5. The maximum absolute atomic E-state index is 13.1. The zero-order valence-corrected chi connectivity index (χ0v) is 62.3. The zero-order chi connectivity index (χ0) is 68.6. The lowest BCUT2D eigenvalue weighted by atomic mass is 10.0. The third-order valence-corrected chi connectivity index (χ3v) is 19.1. The Labute approximate surface area is 568 Å². The summed E-state index contributed by atoms with van der Waals surface area (Å²) in [6, 6.07) is 0. The van der Waals surface area contributed by atoms with E-state index in [4.69, 9.17) is 37.0 Å². The minimum absolute atomic E-state index is 0.106. The van der Waals surface area contributed by atoms with E-state index in [9.17, 15) is 43.2 Å². The lowest BCUT2D eigenvalue weighted by Crippen LogP contribution is -2.30. The summed E-state index contributed by atoms with van der Waals surface area (Å²) in [5.41, 5.74) is 0. The molecular weight excluding hydrogens is 1220 g/mol. The van der Waals surface area contributed by atoms with Gasteiger partial charge in [-0.05, 0) is 37.5 Å². The Morgan fingerprint density at radius 3 is 0.731 bits per heavy atom. The maximum Gasteiger partial charge on any atom is 0.472 e.